The highest BCUT2D eigenvalue weighted by Crippen LogP contribution is 2.07. The van der Waals surface area contributed by atoms with E-state index in [0.717, 1.165) is 18.8 Å². The van der Waals surface area contributed by atoms with Crippen LogP contribution in [0.1, 0.15) is 19.8 Å². The average molecular weight is 228 g/mol. The molecule has 0 bridgehead atoms. The second-order valence-electron chi connectivity index (χ2n) is 3.92. The van der Waals surface area contributed by atoms with Gasteiger partial charge in [-0.05, 0) is 18.6 Å². The summed E-state index contributed by atoms with van der Waals surface area (Å²) in [6.45, 7) is 3.18. The molecule has 2 aromatic heterocycles. The van der Waals surface area contributed by atoms with E-state index in [9.17, 15) is 0 Å². The van der Waals surface area contributed by atoms with Crippen LogP contribution in [0.3, 0.4) is 0 Å². The molecular weight excluding hydrogens is 210 g/mol. The summed E-state index contributed by atoms with van der Waals surface area (Å²) in [6.07, 6.45) is 8.25. The number of nitrogens with zero attached hydrogens (tertiary/aromatic N) is 3. The van der Waals surface area contributed by atoms with Gasteiger partial charge in [0.15, 0.2) is 18.2 Å². The number of aromatic nitrogens is 2. The predicted molar refractivity (Wildman–Crippen MR) is 68.5 cm³/mol. The molecule has 17 heavy (non-hydrogen) atoms. The number of hydrogen-bond acceptors (Lipinski definition) is 2. The maximum atomic E-state index is 4.41. The summed E-state index contributed by atoms with van der Waals surface area (Å²) in [5.74, 6) is 0.983. The minimum absolute atomic E-state index is 0.974. The molecule has 0 aliphatic heterocycles. The fourth-order valence-corrected chi connectivity index (χ4v) is 1.71. The van der Waals surface area contributed by atoms with Crippen LogP contribution in [0.5, 0.6) is 0 Å². The van der Waals surface area contributed by atoms with E-state index in [2.05, 4.69) is 21.6 Å². The SMILES string of the molecule is CCCCN(c1ccccn1)[n+]1ccccc1. The first kappa shape index (κ1) is 11.6. The van der Waals surface area contributed by atoms with E-state index in [0.29, 0.717) is 0 Å². The molecule has 0 N–H and O–H groups in total. The Morgan fingerprint density at radius 1 is 1.12 bits per heavy atom. The Bertz CT molecular complexity index is 388. The zero-order chi connectivity index (χ0) is 11.9. The van der Waals surface area contributed by atoms with Gasteiger partial charge in [0.2, 0.25) is 0 Å². The molecule has 0 saturated heterocycles. The van der Waals surface area contributed by atoms with E-state index in [1.807, 2.05) is 55.0 Å². The normalized spacial score (nSPS) is 10.2. The second kappa shape index (κ2) is 5.99. The second-order valence-corrected chi connectivity index (χ2v) is 3.92. The van der Waals surface area contributed by atoms with Crippen LogP contribution in [0.25, 0.3) is 0 Å². The summed E-state index contributed by atoms with van der Waals surface area (Å²) in [4.78, 5) is 4.41. The van der Waals surface area contributed by atoms with Crippen LogP contribution >= 0.6 is 0 Å². The van der Waals surface area contributed by atoms with E-state index >= 15 is 0 Å². The van der Waals surface area contributed by atoms with Gasteiger partial charge in [0.25, 0.3) is 0 Å². The van der Waals surface area contributed by atoms with Crippen molar-refractivity contribution in [3.05, 3.63) is 55.0 Å². The molecule has 0 aliphatic rings. The van der Waals surface area contributed by atoms with Gasteiger partial charge < -0.3 is 0 Å². The molecule has 3 nitrogen and oxygen atoms in total. The number of anilines is 1. The lowest BCUT2D eigenvalue weighted by Crippen LogP contribution is -2.54. The zero-order valence-electron chi connectivity index (χ0n) is 10.2. The van der Waals surface area contributed by atoms with E-state index in [-0.39, 0.29) is 0 Å². The minimum Gasteiger partial charge on any atom is -0.234 e. The Morgan fingerprint density at radius 3 is 2.59 bits per heavy atom. The lowest BCUT2D eigenvalue weighted by atomic mass is 10.3. The minimum atomic E-state index is 0.974. The highest BCUT2D eigenvalue weighted by molar-refractivity contribution is 5.33. The van der Waals surface area contributed by atoms with Gasteiger partial charge in [-0.15, -0.1) is 5.01 Å². The lowest BCUT2D eigenvalue weighted by Gasteiger charge is -2.15. The summed E-state index contributed by atoms with van der Waals surface area (Å²) in [6, 6.07) is 12.1. The molecule has 0 spiro atoms. The summed E-state index contributed by atoms with van der Waals surface area (Å²) in [5.41, 5.74) is 0. The molecule has 2 heterocycles. The monoisotopic (exact) mass is 228 g/mol. The molecule has 0 atom stereocenters. The molecule has 2 rings (SSSR count). The Kier molecular flexibility index (Phi) is 4.08. The molecule has 0 amide bonds. The Morgan fingerprint density at radius 2 is 1.94 bits per heavy atom. The van der Waals surface area contributed by atoms with Crippen molar-refractivity contribution in [2.45, 2.75) is 19.8 Å². The van der Waals surface area contributed by atoms with Crippen molar-refractivity contribution in [1.29, 1.82) is 0 Å². The van der Waals surface area contributed by atoms with Crippen molar-refractivity contribution in [3.8, 4) is 0 Å². The standard InChI is InChI=1S/C14H18N3/c1-2-3-13-17(14-9-5-6-10-15-14)16-11-7-4-8-12-16/h4-12H,2-3,13H2,1H3/q+1. The third-order valence-corrected chi connectivity index (χ3v) is 2.62. The first-order valence-electron chi connectivity index (χ1n) is 6.07. The quantitative estimate of drug-likeness (QED) is 0.732. The first-order chi connectivity index (χ1) is 8.42. The first-order valence-corrected chi connectivity index (χ1v) is 6.07. The van der Waals surface area contributed by atoms with Crippen molar-refractivity contribution in [3.63, 3.8) is 0 Å². The molecule has 88 valence electrons. The zero-order valence-corrected chi connectivity index (χ0v) is 10.2. The maximum Gasteiger partial charge on any atom is 0.200 e. The smallest absolute Gasteiger partial charge is 0.200 e. The molecule has 0 aromatic carbocycles. The molecule has 0 fully saturated rings. The van der Waals surface area contributed by atoms with Gasteiger partial charge in [-0.25, -0.2) is 4.98 Å². The van der Waals surface area contributed by atoms with Gasteiger partial charge in [-0.1, -0.05) is 30.2 Å². The predicted octanol–water partition coefficient (Wildman–Crippen LogP) is 2.44. The van der Waals surface area contributed by atoms with Gasteiger partial charge in [0, 0.05) is 18.3 Å². The average Bonchev–Trinajstić information content (AvgIpc) is 2.42. The van der Waals surface area contributed by atoms with E-state index in [1.54, 1.807) is 0 Å². The van der Waals surface area contributed by atoms with E-state index in [1.165, 1.54) is 6.42 Å². The van der Waals surface area contributed by atoms with Crippen molar-refractivity contribution in [2.75, 3.05) is 11.6 Å². The topological polar surface area (TPSA) is 20.0 Å². The summed E-state index contributed by atoms with van der Waals surface area (Å²) in [5, 5.41) is 2.18. The highest BCUT2D eigenvalue weighted by atomic mass is 15.6. The molecule has 0 saturated carbocycles. The molecule has 0 radical (unpaired) electrons. The van der Waals surface area contributed by atoms with Crippen molar-refractivity contribution >= 4 is 5.82 Å². The maximum absolute atomic E-state index is 4.41. The number of rotatable bonds is 5. The summed E-state index contributed by atoms with van der Waals surface area (Å²) in [7, 11) is 0. The third-order valence-electron chi connectivity index (χ3n) is 2.62. The van der Waals surface area contributed by atoms with Crippen molar-refractivity contribution < 1.29 is 4.68 Å². The van der Waals surface area contributed by atoms with Crippen LogP contribution in [-0.4, -0.2) is 11.5 Å². The van der Waals surface area contributed by atoms with Crippen molar-refractivity contribution in [2.24, 2.45) is 0 Å². The summed E-state index contributed by atoms with van der Waals surface area (Å²) < 4.78 is 2.08. The van der Waals surface area contributed by atoms with Crippen LogP contribution in [0, 0.1) is 0 Å². The van der Waals surface area contributed by atoms with Gasteiger partial charge in [-0.3, -0.25) is 0 Å². The largest absolute Gasteiger partial charge is 0.234 e. The number of unbranched alkanes of at least 4 members (excludes halogenated alkanes) is 1. The number of hydrogen-bond donors (Lipinski definition) is 0. The van der Waals surface area contributed by atoms with Crippen LogP contribution in [0.15, 0.2) is 55.0 Å². The Hall–Kier alpha value is -1.90. The van der Waals surface area contributed by atoms with Gasteiger partial charge in [-0.2, -0.15) is 0 Å². The molecule has 3 heteroatoms. The van der Waals surface area contributed by atoms with Gasteiger partial charge in [0.1, 0.15) is 0 Å². The van der Waals surface area contributed by atoms with Gasteiger partial charge in [0.05, 0.1) is 6.54 Å². The van der Waals surface area contributed by atoms with E-state index < -0.39 is 0 Å². The molecular formula is C14H18N3+. The third kappa shape index (κ3) is 3.03. The van der Waals surface area contributed by atoms with Crippen LogP contribution in [0.4, 0.5) is 5.82 Å². The lowest BCUT2D eigenvalue weighted by molar-refractivity contribution is -0.684. The van der Waals surface area contributed by atoms with Crippen LogP contribution in [0.2, 0.25) is 0 Å². The number of pyridine rings is 2. The molecule has 0 unspecified atom stereocenters. The van der Waals surface area contributed by atoms with Crippen molar-refractivity contribution in [1.82, 2.24) is 4.98 Å². The van der Waals surface area contributed by atoms with Crippen LogP contribution < -0.4 is 9.69 Å². The molecule has 2 aromatic rings. The van der Waals surface area contributed by atoms with Crippen LogP contribution in [-0.2, 0) is 0 Å². The van der Waals surface area contributed by atoms with Gasteiger partial charge >= 0.3 is 0 Å². The van der Waals surface area contributed by atoms with E-state index in [4.69, 9.17) is 0 Å². The fraction of sp³-hybridized carbons (Fsp3) is 0.286. The molecule has 0 aliphatic carbocycles. The Balaban J connectivity index is 2.26. The Labute approximate surface area is 102 Å². The fourth-order valence-electron chi connectivity index (χ4n) is 1.71. The summed E-state index contributed by atoms with van der Waals surface area (Å²) >= 11 is 0. The highest BCUT2D eigenvalue weighted by Gasteiger charge is 2.15.